The molecular formula is C47H56N2O14. The Hall–Kier alpha value is -5.68. The highest BCUT2D eigenvalue weighted by molar-refractivity contribution is 5.61. The molecule has 6 atom stereocenters. The smallest absolute Gasteiger partial charge is 0.231 e. The quantitative estimate of drug-likeness (QED) is 0.203. The van der Waals surface area contributed by atoms with Gasteiger partial charge in [-0.2, -0.15) is 0 Å². The van der Waals surface area contributed by atoms with Crippen molar-refractivity contribution in [2.75, 3.05) is 102 Å². The van der Waals surface area contributed by atoms with Gasteiger partial charge in [-0.3, -0.25) is 9.80 Å². The fourth-order valence-corrected chi connectivity index (χ4v) is 9.76. The Bertz CT molecular complexity index is 2230. The first-order chi connectivity index (χ1) is 30.7. The van der Waals surface area contributed by atoms with Crippen LogP contribution in [-0.4, -0.2) is 129 Å². The van der Waals surface area contributed by atoms with Crippen molar-refractivity contribution in [2.45, 2.75) is 38.1 Å². The van der Waals surface area contributed by atoms with E-state index in [1.54, 1.807) is 21.3 Å². The highest BCUT2D eigenvalue weighted by Crippen LogP contribution is 2.54. The highest BCUT2D eigenvalue weighted by atomic mass is 16.7. The van der Waals surface area contributed by atoms with E-state index in [-0.39, 0.29) is 55.5 Å². The zero-order valence-electron chi connectivity index (χ0n) is 36.8. The Labute approximate surface area is 367 Å². The molecule has 6 aliphatic heterocycles. The maximum absolute atomic E-state index is 10.4. The Morgan fingerprint density at radius 2 is 0.841 bits per heavy atom. The second-order valence-corrected chi connectivity index (χ2v) is 16.2. The normalized spacial score (nSPS) is 24.7. The van der Waals surface area contributed by atoms with Gasteiger partial charge in [-0.1, -0.05) is 13.8 Å². The van der Waals surface area contributed by atoms with Crippen LogP contribution in [0.15, 0.2) is 48.5 Å². The van der Waals surface area contributed by atoms with Crippen LogP contribution in [-0.2, 0) is 9.47 Å². The maximum Gasteiger partial charge on any atom is 0.231 e. The number of methoxy groups -OCH3 is 5. The lowest BCUT2D eigenvalue weighted by Gasteiger charge is -2.44. The molecule has 16 nitrogen and oxygen atoms in total. The van der Waals surface area contributed by atoms with Crippen molar-refractivity contribution in [2.24, 2.45) is 11.8 Å². The largest absolute Gasteiger partial charge is 0.502 e. The van der Waals surface area contributed by atoms with E-state index in [0.29, 0.717) is 72.4 Å². The summed E-state index contributed by atoms with van der Waals surface area (Å²) in [4.78, 5) is 4.68. The zero-order valence-corrected chi connectivity index (χ0v) is 36.8. The number of rotatable bonds is 9. The molecule has 0 spiro atoms. The van der Waals surface area contributed by atoms with Gasteiger partial charge < -0.3 is 66.7 Å². The van der Waals surface area contributed by atoms with Gasteiger partial charge in [0.05, 0.1) is 62.0 Å². The van der Waals surface area contributed by atoms with E-state index in [9.17, 15) is 5.11 Å². The van der Waals surface area contributed by atoms with Crippen molar-refractivity contribution in [3.05, 3.63) is 70.8 Å². The van der Waals surface area contributed by atoms with Crippen molar-refractivity contribution in [3.63, 3.8) is 0 Å². The van der Waals surface area contributed by atoms with Gasteiger partial charge in [0.25, 0.3) is 0 Å². The van der Waals surface area contributed by atoms with Crippen LogP contribution in [0.2, 0.25) is 0 Å². The third kappa shape index (κ3) is 7.98. The molecular weight excluding hydrogens is 817 g/mol. The second-order valence-electron chi connectivity index (χ2n) is 16.2. The van der Waals surface area contributed by atoms with Crippen LogP contribution in [0.25, 0.3) is 0 Å². The molecule has 6 unspecified atom stereocenters. The number of benzene rings is 4. The van der Waals surface area contributed by atoms with Gasteiger partial charge in [-0.15, -0.1) is 0 Å². The number of morpholine rings is 2. The molecule has 6 aliphatic rings. The maximum atomic E-state index is 10.4. The first kappa shape index (κ1) is 42.6. The van der Waals surface area contributed by atoms with Crippen molar-refractivity contribution in [1.29, 1.82) is 0 Å². The van der Waals surface area contributed by atoms with Crippen molar-refractivity contribution < 1.29 is 66.7 Å². The molecule has 16 heteroatoms. The third-order valence-electron chi connectivity index (χ3n) is 12.8. The summed E-state index contributed by atoms with van der Waals surface area (Å²) in [7, 11) is 7.96. The summed E-state index contributed by atoms with van der Waals surface area (Å²) >= 11 is 0. The Balaban J connectivity index is 0.000000160. The lowest BCUT2D eigenvalue weighted by molar-refractivity contribution is -0.0784. The lowest BCUT2D eigenvalue weighted by Crippen LogP contribution is -2.52. The first-order valence-corrected chi connectivity index (χ1v) is 21.3. The van der Waals surface area contributed by atoms with Crippen LogP contribution in [0, 0.1) is 11.8 Å². The first-order valence-electron chi connectivity index (χ1n) is 21.3. The number of phenols is 1. The molecule has 4 aromatic rings. The molecule has 1 N–H and O–H groups in total. The summed E-state index contributed by atoms with van der Waals surface area (Å²) in [6, 6.07) is 15.7. The number of ether oxygens (including phenoxy) is 13. The predicted octanol–water partition coefficient (Wildman–Crippen LogP) is 6.22. The van der Waals surface area contributed by atoms with Gasteiger partial charge in [-0.25, -0.2) is 0 Å². The average Bonchev–Trinajstić information content (AvgIpc) is 3.99. The summed E-state index contributed by atoms with van der Waals surface area (Å²) in [6.07, 6.45) is -0.233. The van der Waals surface area contributed by atoms with E-state index in [1.807, 2.05) is 48.5 Å². The summed E-state index contributed by atoms with van der Waals surface area (Å²) in [5.41, 5.74) is 4.10. The zero-order chi connectivity index (χ0) is 43.8. The number of fused-ring (bicyclic) bond motifs is 4. The van der Waals surface area contributed by atoms with Gasteiger partial charge in [0.1, 0.15) is 11.5 Å². The molecule has 0 bridgehead atoms. The topological polar surface area (TPSA) is 147 Å². The standard InChI is InChI=1S/C24H29NO7.C23H27NO7/c1-14-22(15-9-20(26-2)23(28-4)21(10-15)27-3)16-11-18-19(31-13-30-18)12-17(16)32-24(14)25-5-7-29-8-6-25;1-13-21(14-8-19(26-2)22(25)20(9-14)27-3)15-10-17-18(30-12-29-17)11-16(15)31-23(13)24-4-6-28-7-5-24/h9-12,14,22,24H,5-8,13H2,1-4H3;8-11,13,21,23,25H,4-7,12H2,1-3H3. The Kier molecular flexibility index (Phi) is 12.3. The number of hydrogen-bond donors (Lipinski definition) is 1. The lowest BCUT2D eigenvalue weighted by atomic mass is 9.77. The van der Waals surface area contributed by atoms with E-state index in [4.69, 9.17) is 61.6 Å². The number of hydrogen-bond acceptors (Lipinski definition) is 16. The van der Waals surface area contributed by atoms with Crippen LogP contribution < -0.4 is 52.1 Å². The molecule has 0 radical (unpaired) electrons. The van der Waals surface area contributed by atoms with Crippen LogP contribution in [0.3, 0.4) is 0 Å². The van der Waals surface area contributed by atoms with Crippen molar-refractivity contribution in [3.8, 4) is 69.0 Å². The monoisotopic (exact) mass is 872 g/mol. The van der Waals surface area contributed by atoms with E-state index in [1.165, 1.54) is 14.2 Å². The van der Waals surface area contributed by atoms with Gasteiger partial charge in [0.15, 0.2) is 58.5 Å². The van der Waals surface area contributed by atoms with E-state index < -0.39 is 0 Å². The van der Waals surface area contributed by atoms with Crippen LogP contribution in [0.4, 0.5) is 0 Å². The molecule has 2 saturated heterocycles. The molecule has 0 aliphatic carbocycles. The van der Waals surface area contributed by atoms with Gasteiger partial charge in [0, 0.05) is 73.1 Å². The van der Waals surface area contributed by atoms with Gasteiger partial charge in [-0.05, 0) is 47.5 Å². The molecule has 0 amide bonds. The summed E-state index contributed by atoms with van der Waals surface area (Å²) < 4.78 is 74.4. The Morgan fingerprint density at radius 1 is 0.476 bits per heavy atom. The minimum atomic E-state index is -0.132. The molecule has 0 aromatic heterocycles. The minimum absolute atomic E-state index is 0.0101. The molecule has 338 valence electrons. The van der Waals surface area contributed by atoms with Crippen LogP contribution >= 0.6 is 0 Å². The Morgan fingerprint density at radius 3 is 1.21 bits per heavy atom. The van der Waals surface area contributed by atoms with Crippen molar-refractivity contribution in [1.82, 2.24) is 9.80 Å². The fourth-order valence-electron chi connectivity index (χ4n) is 9.76. The third-order valence-corrected chi connectivity index (χ3v) is 12.8. The van der Waals surface area contributed by atoms with Crippen LogP contribution in [0.1, 0.15) is 47.9 Å². The van der Waals surface area contributed by atoms with E-state index in [0.717, 1.165) is 65.7 Å². The van der Waals surface area contributed by atoms with E-state index in [2.05, 4.69) is 23.6 Å². The number of aromatic hydroxyl groups is 1. The van der Waals surface area contributed by atoms with Gasteiger partial charge >= 0.3 is 0 Å². The number of phenolic OH excluding ortho intramolecular Hbond substituents is 1. The molecule has 0 saturated carbocycles. The molecule has 2 fully saturated rings. The molecule has 4 aromatic carbocycles. The summed E-state index contributed by atoms with van der Waals surface area (Å²) in [5, 5.41) is 10.4. The fraction of sp³-hybridized carbons (Fsp3) is 0.489. The second kappa shape index (κ2) is 18.2. The average molecular weight is 873 g/mol. The van der Waals surface area contributed by atoms with Gasteiger partial charge in [0.2, 0.25) is 25.1 Å². The van der Waals surface area contributed by atoms with Crippen LogP contribution in [0.5, 0.6) is 69.0 Å². The summed E-state index contributed by atoms with van der Waals surface area (Å²) in [5.74, 6) is 7.24. The predicted molar refractivity (Wildman–Crippen MR) is 228 cm³/mol. The molecule has 10 rings (SSSR count). The number of nitrogens with zero attached hydrogens (tertiary/aromatic N) is 2. The molecule has 63 heavy (non-hydrogen) atoms. The van der Waals surface area contributed by atoms with E-state index >= 15 is 0 Å². The minimum Gasteiger partial charge on any atom is -0.502 e. The highest BCUT2D eigenvalue weighted by Gasteiger charge is 2.43. The molecule has 6 heterocycles. The summed E-state index contributed by atoms with van der Waals surface area (Å²) in [6.45, 7) is 10.9. The van der Waals surface area contributed by atoms with Crippen molar-refractivity contribution >= 4 is 0 Å². The SMILES string of the molecule is COc1cc(C2c3cc4c(cc3OC(N3CCOCC3)C2C)OCO4)cc(OC)c1O.COc1cc(C2c3cc4c(cc3OC(N3CCOCC3)C2C)OCO4)cc(OC)c1OC.